The number of aliphatic carboxylic acids is 1. The van der Waals surface area contributed by atoms with Gasteiger partial charge in [-0.25, -0.2) is 4.98 Å². The summed E-state index contributed by atoms with van der Waals surface area (Å²) >= 11 is 0. The fraction of sp³-hybridized carbons (Fsp3) is 0.600. The van der Waals surface area contributed by atoms with Crippen molar-refractivity contribution in [2.45, 2.75) is 76.4 Å². The van der Waals surface area contributed by atoms with Gasteiger partial charge in [0.25, 0.3) is 0 Å². The zero-order valence-electron chi connectivity index (χ0n) is 22.1. The number of aromatic nitrogens is 1. The molecule has 1 aliphatic carbocycles. The lowest BCUT2D eigenvalue weighted by Crippen LogP contribution is -2.33. The second-order valence-corrected chi connectivity index (χ2v) is 10.9. The molecule has 7 nitrogen and oxygen atoms in total. The topological polar surface area (TPSA) is 83.9 Å². The van der Waals surface area contributed by atoms with Crippen LogP contribution >= 0.6 is 0 Å². The van der Waals surface area contributed by atoms with Crippen LogP contribution in [-0.4, -0.2) is 60.4 Å². The molecule has 1 saturated heterocycles. The number of nitrogens with zero attached hydrogens (tertiary/aromatic N) is 2. The van der Waals surface area contributed by atoms with Crippen LogP contribution in [-0.2, 0) is 28.8 Å². The van der Waals surface area contributed by atoms with Crippen molar-refractivity contribution in [1.29, 1.82) is 0 Å². The average molecular weight is 508 g/mol. The Labute approximate surface area is 220 Å². The van der Waals surface area contributed by atoms with Gasteiger partial charge in [0.1, 0.15) is 17.6 Å². The van der Waals surface area contributed by atoms with Gasteiger partial charge in [-0.15, -0.1) is 0 Å². The molecule has 3 heterocycles. The van der Waals surface area contributed by atoms with Gasteiger partial charge in [0.05, 0.1) is 13.2 Å². The Morgan fingerprint density at radius 3 is 2.89 bits per heavy atom. The maximum atomic E-state index is 12.3. The minimum atomic E-state index is -0.833. The van der Waals surface area contributed by atoms with Crippen LogP contribution < -0.4 is 10.1 Å². The number of methoxy groups -OCH3 is 1. The number of aryl methyl sites for hydroxylation is 2. The normalized spacial score (nSPS) is 20.3. The molecule has 1 aromatic heterocycles. The van der Waals surface area contributed by atoms with Crippen LogP contribution in [0, 0.1) is 5.92 Å². The second-order valence-electron chi connectivity index (χ2n) is 10.9. The van der Waals surface area contributed by atoms with Gasteiger partial charge in [0, 0.05) is 37.5 Å². The zero-order chi connectivity index (χ0) is 25.6. The number of likely N-dealkylation sites (tertiary alicyclic amines) is 1. The largest absolute Gasteiger partial charge is 0.496 e. The highest BCUT2D eigenvalue weighted by molar-refractivity contribution is 5.77. The number of carbonyl (C=O) groups is 1. The summed E-state index contributed by atoms with van der Waals surface area (Å²) in [6.07, 6.45) is 11.1. The van der Waals surface area contributed by atoms with Crippen LogP contribution in [0.5, 0.6) is 5.75 Å². The van der Waals surface area contributed by atoms with E-state index in [0.717, 1.165) is 74.5 Å². The molecule has 200 valence electrons. The third-order valence-corrected chi connectivity index (χ3v) is 7.97. The number of unbranched alkanes of at least 4 members (excludes halogenated alkanes) is 2. The van der Waals surface area contributed by atoms with E-state index in [0.29, 0.717) is 25.4 Å². The number of hydrogen-bond donors (Lipinski definition) is 2. The molecule has 5 rings (SSSR count). The Kier molecular flexibility index (Phi) is 8.62. The van der Waals surface area contributed by atoms with Crippen molar-refractivity contribution >= 4 is 11.8 Å². The number of anilines is 1. The Morgan fingerprint density at radius 1 is 1.19 bits per heavy atom. The number of fused-ring (bicyclic) bond motifs is 1. The predicted molar refractivity (Wildman–Crippen MR) is 144 cm³/mol. The van der Waals surface area contributed by atoms with Crippen molar-refractivity contribution < 1.29 is 19.4 Å². The Morgan fingerprint density at radius 2 is 2.08 bits per heavy atom. The van der Waals surface area contributed by atoms with E-state index in [1.807, 2.05) is 17.0 Å². The molecule has 0 bridgehead atoms. The van der Waals surface area contributed by atoms with Gasteiger partial charge in [-0.3, -0.25) is 9.69 Å². The zero-order valence-corrected chi connectivity index (χ0v) is 22.1. The second kappa shape index (κ2) is 12.3. The number of ether oxygens (including phenoxy) is 2. The van der Waals surface area contributed by atoms with Gasteiger partial charge in [-0.1, -0.05) is 24.6 Å². The minimum Gasteiger partial charge on any atom is -0.496 e. The van der Waals surface area contributed by atoms with Crippen LogP contribution in [0.2, 0.25) is 0 Å². The summed E-state index contributed by atoms with van der Waals surface area (Å²) in [4.78, 5) is 19.1. The molecular formula is C30H41N3O4. The molecule has 1 aromatic carbocycles. The third kappa shape index (κ3) is 6.82. The van der Waals surface area contributed by atoms with Gasteiger partial charge in [-0.05, 0) is 87.0 Å². The Bertz CT molecular complexity index is 1070. The maximum absolute atomic E-state index is 12.3. The first-order valence-corrected chi connectivity index (χ1v) is 14.1. The van der Waals surface area contributed by atoms with Crippen LogP contribution in [0.4, 0.5) is 5.82 Å². The quantitative estimate of drug-likeness (QED) is 0.368. The molecule has 0 spiro atoms. The van der Waals surface area contributed by atoms with Gasteiger partial charge in [0.2, 0.25) is 0 Å². The third-order valence-electron chi connectivity index (χ3n) is 7.97. The summed E-state index contributed by atoms with van der Waals surface area (Å²) in [7, 11) is 1.63. The molecule has 1 unspecified atom stereocenters. The molecule has 7 heteroatoms. The van der Waals surface area contributed by atoms with Crippen molar-refractivity contribution in [3.8, 4) is 5.75 Å². The average Bonchev–Trinajstić information content (AvgIpc) is 3.61. The van der Waals surface area contributed by atoms with E-state index < -0.39 is 12.0 Å². The fourth-order valence-electron chi connectivity index (χ4n) is 5.72. The van der Waals surface area contributed by atoms with E-state index in [1.54, 1.807) is 7.11 Å². The van der Waals surface area contributed by atoms with Crippen molar-refractivity contribution in [2.24, 2.45) is 5.92 Å². The van der Waals surface area contributed by atoms with Gasteiger partial charge >= 0.3 is 5.97 Å². The fourth-order valence-corrected chi connectivity index (χ4v) is 5.72. The molecule has 2 fully saturated rings. The Balaban J connectivity index is 1.06. The molecular weight excluding hydrogens is 466 g/mol. The van der Waals surface area contributed by atoms with E-state index >= 15 is 0 Å². The number of rotatable bonds is 13. The lowest BCUT2D eigenvalue weighted by atomic mass is 10.00. The maximum Gasteiger partial charge on any atom is 0.325 e. The highest BCUT2D eigenvalue weighted by atomic mass is 16.5. The summed E-state index contributed by atoms with van der Waals surface area (Å²) in [5.41, 5.74) is 4.47. The van der Waals surface area contributed by atoms with Crippen LogP contribution in [0.25, 0.3) is 0 Å². The molecule has 2 atom stereocenters. The highest BCUT2D eigenvalue weighted by Gasteiger charge is 2.36. The summed E-state index contributed by atoms with van der Waals surface area (Å²) in [6.45, 7) is 3.09. The summed E-state index contributed by atoms with van der Waals surface area (Å²) in [5, 5.41) is 13.5. The first-order chi connectivity index (χ1) is 18.1. The predicted octanol–water partition coefficient (Wildman–Crippen LogP) is 5.03. The number of benzene rings is 1. The van der Waals surface area contributed by atoms with Crippen molar-refractivity contribution in [3.63, 3.8) is 0 Å². The SMILES string of the molecule is COc1cc(CC2CC2)ccc1C(C(=O)O)N1CC[C@@H](OCCCCCc2ccc3c(n2)NCCC3)C1. The lowest BCUT2D eigenvalue weighted by molar-refractivity contribution is -0.143. The molecule has 2 aromatic rings. The van der Waals surface area contributed by atoms with Gasteiger partial charge < -0.3 is 19.9 Å². The van der Waals surface area contributed by atoms with Crippen molar-refractivity contribution in [2.75, 3.05) is 38.7 Å². The summed E-state index contributed by atoms with van der Waals surface area (Å²) in [5.74, 6) is 1.70. The number of carboxylic acid groups (broad SMARTS) is 1. The van der Waals surface area contributed by atoms with Crippen molar-refractivity contribution in [3.05, 3.63) is 52.7 Å². The first kappa shape index (κ1) is 26.0. The monoisotopic (exact) mass is 507 g/mol. The Hall–Kier alpha value is -2.64. The number of hydrogen-bond acceptors (Lipinski definition) is 6. The molecule has 3 aliphatic rings. The molecule has 2 N–H and O–H groups in total. The van der Waals surface area contributed by atoms with E-state index in [1.165, 1.54) is 30.4 Å². The van der Waals surface area contributed by atoms with E-state index in [2.05, 4.69) is 23.5 Å². The molecule has 0 amide bonds. The lowest BCUT2D eigenvalue weighted by Gasteiger charge is -2.26. The summed E-state index contributed by atoms with van der Waals surface area (Å²) in [6, 6.07) is 9.75. The number of carboxylic acids is 1. The van der Waals surface area contributed by atoms with Crippen LogP contribution in [0.1, 0.15) is 73.4 Å². The smallest absolute Gasteiger partial charge is 0.325 e. The standard InChI is InChI=1S/C30H41N3O4/c1-36-27-19-22(18-21-8-9-21)10-13-26(27)28(30(34)35)33-16-14-25(20-33)37-17-4-2-3-7-24-12-11-23-6-5-15-31-29(23)32-24/h10-13,19,21,25,28H,2-9,14-18,20H2,1H3,(H,31,32)(H,34,35)/t25-,28?/m1/s1. The van der Waals surface area contributed by atoms with Gasteiger partial charge in [-0.2, -0.15) is 0 Å². The van der Waals surface area contributed by atoms with E-state index in [4.69, 9.17) is 14.5 Å². The first-order valence-electron chi connectivity index (χ1n) is 14.1. The molecule has 1 saturated carbocycles. The van der Waals surface area contributed by atoms with E-state index in [-0.39, 0.29) is 6.10 Å². The molecule has 0 radical (unpaired) electrons. The number of pyridine rings is 1. The molecule has 37 heavy (non-hydrogen) atoms. The van der Waals surface area contributed by atoms with Crippen LogP contribution in [0.3, 0.4) is 0 Å². The number of nitrogens with one attached hydrogen (secondary N) is 1. The summed E-state index contributed by atoms with van der Waals surface area (Å²) < 4.78 is 11.8. The van der Waals surface area contributed by atoms with E-state index in [9.17, 15) is 9.90 Å². The minimum absolute atomic E-state index is 0.0790. The van der Waals surface area contributed by atoms with Crippen LogP contribution in [0.15, 0.2) is 30.3 Å². The molecule has 2 aliphatic heterocycles. The van der Waals surface area contributed by atoms with Gasteiger partial charge in [0.15, 0.2) is 0 Å². The van der Waals surface area contributed by atoms with Crippen molar-refractivity contribution in [1.82, 2.24) is 9.88 Å². The highest BCUT2D eigenvalue weighted by Crippen LogP contribution is 2.37.